The molecule has 136 valence electrons. The highest BCUT2D eigenvalue weighted by molar-refractivity contribution is 7.90. The molecule has 0 unspecified atom stereocenters. The summed E-state index contributed by atoms with van der Waals surface area (Å²) in [6.07, 6.45) is -0.0298. The van der Waals surface area contributed by atoms with Crippen LogP contribution in [0.1, 0.15) is 11.1 Å². The normalized spacial score (nSPS) is 11.7. The monoisotopic (exact) mass is 373 g/mol. The summed E-state index contributed by atoms with van der Waals surface area (Å²) in [5.41, 5.74) is 2.52. The van der Waals surface area contributed by atoms with Crippen molar-refractivity contribution in [1.29, 1.82) is 0 Å². The van der Waals surface area contributed by atoms with Crippen LogP contribution in [0, 0.1) is 6.92 Å². The number of nitrogens with one attached hydrogen (secondary N) is 1. The first kappa shape index (κ1) is 17.9. The number of benzene rings is 2. The minimum Gasteiger partial charge on any atom is -0.295 e. The minimum atomic E-state index is -4.03. The van der Waals surface area contributed by atoms with Crippen molar-refractivity contribution in [3.63, 3.8) is 0 Å². The number of amides is 1. The molecule has 26 heavy (non-hydrogen) atoms. The van der Waals surface area contributed by atoms with Crippen molar-refractivity contribution < 1.29 is 13.2 Å². The number of aryl methyl sites for hydroxylation is 3. The number of fused-ring (bicyclic) bond motifs is 1. The van der Waals surface area contributed by atoms with Crippen molar-refractivity contribution in [3.8, 4) is 0 Å². The van der Waals surface area contributed by atoms with E-state index < -0.39 is 15.9 Å². The summed E-state index contributed by atoms with van der Waals surface area (Å²) in [6.45, 7) is 1.86. The fourth-order valence-electron chi connectivity index (χ4n) is 2.88. The van der Waals surface area contributed by atoms with E-state index >= 15 is 0 Å². The van der Waals surface area contributed by atoms with Crippen molar-refractivity contribution >= 4 is 27.0 Å². The maximum Gasteiger partial charge on any atom is 0.328 e. The molecular formula is C18H19N3O4S. The highest BCUT2D eigenvalue weighted by Crippen LogP contribution is 2.18. The predicted molar refractivity (Wildman–Crippen MR) is 98.4 cm³/mol. The van der Waals surface area contributed by atoms with Crippen LogP contribution in [0.3, 0.4) is 0 Å². The lowest BCUT2D eigenvalue weighted by Gasteiger charge is -2.09. The van der Waals surface area contributed by atoms with E-state index in [9.17, 15) is 18.0 Å². The molecule has 0 aliphatic carbocycles. The Morgan fingerprint density at radius 1 is 1.04 bits per heavy atom. The Morgan fingerprint density at radius 3 is 2.38 bits per heavy atom. The van der Waals surface area contributed by atoms with Gasteiger partial charge in [-0.1, -0.05) is 24.3 Å². The maximum atomic E-state index is 12.5. The third kappa shape index (κ3) is 3.15. The van der Waals surface area contributed by atoms with Crippen LogP contribution in [0.4, 0.5) is 0 Å². The zero-order valence-electron chi connectivity index (χ0n) is 14.7. The molecular weight excluding hydrogens is 354 g/mol. The number of carbonyl (C=O) groups excluding carboxylic acids is 1. The molecule has 0 bridgehead atoms. The molecule has 1 N–H and O–H groups in total. The van der Waals surface area contributed by atoms with Crippen LogP contribution in [0.2, 0.25) is 0 Å². The topological polar surface area (TPSA) is 90.2 Å². The van der Waals surface area contributed by atoms with Gasteiger partial charge >= 0.3 is 5.69 Å². The summed E-state index contributed by atoms with van der Waals surface area (Å²) in [4.78, 5) is 24.1. The molecule has 0 aliphatic heterocycles. The summed E-state index contributed by atoms with van der Waals surface area (Å²) < 4.78 is 30.0. The lowest BCUT2D eigenvalue weighted by Crippen LogP contribution is -2.32. The van der Waals surface area contributed by atoms with E-state index in [2.05, 4.69) is 4.72 Å². The van der Waals surface area contributed by atoms with Crippen molar-refractivity contribution in [3.05, 3.63) is 64.1 Å². The van der Waals surface area contributed by atoms with Crippen LogP contribution in [0.15, 0.2) is 52.2 Å². The van der Waals surface area contributed by atoms with Gasteiger partial charge < -0.3 is 0 Å². The third-order valence-corrected chi connectivity index (χ3v) is 5.79. The van der Waals surface area contributed by atoms with Crippen molar-refractivity contribution in [1.82, 2.24) is 13.9 Å². The Balaban J connectivity index is 1.89. The van der Waals surface area contributed by atoms with Gasteiger partial charge in [0.1, 0.15) is 0 Å². The number of carbonyl (C=O) groups is 1. The molecule has 0 spiro atoms. The highest BCUT2D eigenvalue weighted by atomic mass is 32.2. The van der Waals surface area contributed by atoms with Crippen LogP contribution < -0.4 is 10.4 Å². The zero-order valence-corrected chi connectivity index (χ0v) is 15.5. The third-order valence-electron chi connectivity index (χ3n) is 4.41. The van der Waals surface area contributed by atoms with Gasteiger partial charge in [-0.05, 0) is 36.2 Å². The summed E-state index contributed by atoms with van der Waals surface area (Å²) in [6, 6.07) is 11.6. The largest absolute Gasteiger partial charge is 0.328 e. The predicted octanol–water partition coefficient (Wildman–Crippen LogP) is 1.23. The van der Waals surface area contributed by atoms with Gasteiger partial charge in [0.15, 0.2) is 0 Å². The second-order valence-electron chi connectivity index (χ2n) is 6.18. The van der Waals surface area contributed by atoms with Gasteiger partial charge in [0.2, 0.25) is 5.91 Å². The van der Waals surface area contributed by atoms with Crippen molar-refractivity contribution in [2.75, 3.05) is 0 Å². The van der Waals surface area contributed by atoms with Crippen LogP contribution in [-0.2, 0) is 35.3 Å². The molecule has 1 aromatic heterocycles. The molecule has 1 amide bonds. The number of sulfonamides is 1. The number of hydrogen-bond donors (Lipinski definition) is 1. The van der Waals surface area contributed by atoms with E-state index in [1.807, 2.05) is 19.1 Å². The molecule has 0 saturated heterocycles. The van der Waals surface area contributed by atoms with E-state index in [4.69, 9.17) is 0 Å². The number of rotatable bonds is 4. The summed E-state index contributed by atoms with van der Waals surface area (Å²) in [7, 11) is -0.847. The summed E-state index contributed by atoms with van der Waals surface area (Å²) in [5.74, 6) is -0.610. The average Bonchev–Trinajstić information content (AvgIpc) is 2.81. The van der Waals surface area contributed by atoms with Gasteiger partial charge in [0.25, 0.3) is 10.0 Å². The van der Waals surface area contributed by atoms with Gasteiger partial charge in [0.05, 0.1) is 22.3 Å². The summed E-state index contributed by atoms with van der Waals surface area (Å²) >= 11 is 0. The molecule has 0 atom stereocenters. The molecule has 0 saturated carbocycles. The first-order valence-corrected chi connectivity index (χ1v) is 9.44. The van der Waals surface area contributed by atoms with E-state index in [0.717, 1.165) is 11.1 Å². The molecule has 3 rings (SSSR count). The van der Waals surface area contributed by atoms with Crippen LogP contribution in [0.25, 0.3) is 11.0 Å². The van der Waals surface area contributed by atoms with E-state index in [1.165, 1.54) is 21.3 Å². The van der Waals surface area contributed by atoms with Crippen LogP contribution in [0.5, 0.6) is 0 Å². The van der Waals surface area contributed by atoms with E-state index in [0.29, 0.717) is 11.0 Å². The fourth-order valence-corrected chi connectivity index (χ4v) is 3.88. The lowest BCUT2D eigenvalue weighted by molar-refractivity contribution is -0.118. The minimum absolute atomic E-state index is 0.0298. The Bertz CT molecular complexity index is 1170. The summed E-state index contributed by atoms with van der Waals surface area (Å²) in [5, 5.41) is 0. The second kappa shape index (κ2) is 6.45. The first-order valence-electron chi connectivity index (χ1n) is 7.96. The molecule has 3 aromatic rings. The van der Waals surface area contributed by atoms with Gasteiger partial charge in [-0.3, -0.25) is 13.9 Å². The fraction of sp³-hybridized carbons (Fsp3) is 0.222. The Hall–Kier alpha value is -2.87. The Labute approximate surface area is 150 Å². The van der Waals surface area contributed by atoms with Crippen LogP contribution >= 0.6 is 0 Å². The van der Waals surface area contributed by atoms with E-state index in [-0.39, 0.29) is 17.0 Å². The quantitative estimate of drug-likeness (QED) is 0.745. The number of hydrogen-bond acceptors (Lipinski definition) is 4. The van der Waals surface area contributed by atoms with Gasteiger partial charge in [-0.25, -0.2) is 17.9 Å². The molecule has 7 nitrogen and oxygen atoms in total. The molecule has 0 radical (unpaired) electrons. The van der Waals surface area contributed by atoms with E-state index in [1.54, 1.807) is 32.3 Å². The Kier molecular flexibility index (Phi) is 4.45. The number of nitrogens with zero attached hydrogens (tertiary/aromatic N) is 2. The van der Waals surface area contributed by atoms with Gasteiger partial charge in [-0.15, -0.1) is 0 Å². The molecule has 0 fully saturated rings. The van der Waals surface area contributed by atoms with Gasteiger partial charge in [-0.2, -0.15) is 0 Å². The van der Waals surface area contributed by atoms with Crippen molar-refractivity contribution in [2.45, 2.75) is 18.2 Å². The van der Waals surface area contributed by atoms with Crippen molar-refractivity contribution in [2.24, 2.45) is 14.1 Å². The lowest BCUT2D eigenvalue weighted by atomic mass is 10.1. The SMILES string of the molecule is Cc1ccccc1CC(=O)NS(=O)(=O)c1ccc2c(c1)n(C)c(=O)n2C. The van der Waals surface area contributed by atoms with Gasteiger partial charge in [0, 0.05) is 14.1 Å². The first-order chi connectivity index (χ1) is 12.2. The molecule has 2 aromatic carbocycles. The highest BCUT2D eigenvalue weighted by Gasteiger charge is 2.20. The maximum absolute atomic E-state index is 12.5. The number of imidazole rings is 1. The average molecular weight is 373 g/mol. The number of aromatic nitrogens is 2. The molecule has 0 aliphatic rings. The van der Waals surface area contributed by atoms with Crippen LogP contribution in [-0.4, -0.2) is 23.5 Å². The molecule has 1 heterocycles. The smallest absolute Gasteiger partial charge is 0.295 e. The Morgan fingerprint density at radius 2 is 1.69 bits per heavy atom. The second-order valence-corrected chi connectivity index (χ2v) is 7.87. The molecule has 8 heteroatoms. The standard InChI is InChI=1S/C18H19N3O4S/c1-12-6-4-5-7-13(12)10-17(22)19-26(24,25)14-8-9-15-16(11-14)21(3)18(23)20(15)2/h4-9,11H,10H2,1-3H3,(H,19,22). The zero-order chi connectivity index (χ0) is 19.1.